The van der Waals surface area contributed by atoms with Crippen LogP contribution in [0.2, 0.25) is 0 Å². The number of rotatable bonds is 7. The first-order chi connectivity index (χ1) is 8.61. The number of carboxylic acid groups (broad SMARTS) is 1. The average molecular weight is 256 g/mol. The standard InChI is InChI=1S/C10H16N4O4/c1-2-18-8(3-9(15)16)6-11-10(17)14-7-4-12-13-5-7/h4-5,8H,2-3,6H2,1H3,(H,12,13)(H,15,16)(H2,11,14,17). The number of H-pyrrole nitrogens is 1. The third kappa shape index (κ3) is 5.30. The van der Waals surface area contributed by atoms with Crippen LogP contribution in [-0.2, 0) is 9.53 Å². The van der Waals surface area contributed by atoms with Crippen molar-refractivity contribution >= 4 is 17.7 Å². The summed E-state index contributed by atoms with van der Waals surface area (Å²) in [5.74, 6) is -0.967. The molecule has 18 heavy (non-hydrogen) atoms. The van der Waals surface area contributed by atoms with Gasteiger partial charge in [0.15, 0.2) is 0 Å². The Morgan fingerprint density at radius 3 is 2.94 bits per heavy atom. The summed E-state index contributed by atoms with van der Waals surface area (Å²) in [4.78, 5) is 22.0. The van der Waals surface area contributed by atoms with Crippen molar-refractivity contribution < 1.29 is 19.4 Å². The van der Waals surface area contributed by atoms with Crippen molar-refractivity contribution in [3.05, 3.63) is 12.4 Å². The lowest BCUT2D eigenvalue weighted by molar-refractivity contribution is -0.140. The minimum absolute atomic E-state index is 0.129. The van der Waals surface area contributed by atoms with Crippen LogP contribution in [0.5, 0.6) is 0 Å². The van der Waals surface area contributed by atoms with E-state index in [0.717, 1.165) is 0 Å². The number of carbonyl (C=O) groups excluding carboxylic acids is 1. The summed E-state index contributed by atoms with van der Waals surface area (Å²) in [5.41, 5.74) is 0.527. The monoisotopic (exact) mass is 256 g/mol. The predicted molar refractivity (Wildman–Crippen MR) is 63.3 cm³/mol. The SMILES string of the molecule is CCOC(CNC(=O)Nc1cn[nH]c1)CC(=O)O. The van der Waals surface area contributed by atoms with Crippen LogP contribution in [0.3, 0.4) is 0 Å². The van der Waals surface area contributed by atoms with Crippen LogP contribution in [-0.4, -0.2) is 46.6 Å². The molecule has 1 rings (SSSR count). The second kappa shape index (κ2) is 7.28. The molecule has 100 valence electrons. The molecule has 2 amide bonds. The first-order valence-corrected chi connectivity index (χ1v) is 5.48. The lowest BCUT2D eigenvalue weighted by Gasteiger charge is -2.15. The largest absolute Gasteiger partial charge is 0.481 e. The molecule has 0 radical (unpaired) electrons. The maximum absolute atomic E-state index is 11.4. The fourth-order valence-corrected chi connectivity index (χ4v) is 1.32. The van der Waals surface area contributed by atoms with Crippen LogP contribution < -0.4 is 10.6 Å². The van der Waals surface area contributed by atoms with Gasteiger partial charge in [-0.25, -0.2) is 4.79 Å². The zero-order valence-electron chi connectivity index (χ0n) is 9.97. The second-order valence-corrected chi connectivity index (χ2v) is 3.50. The maximum Gasteiger partial charge on any atom is 0.319 e. The van der Waals surface area contributed by atoms with Gasteiger partial charge in [-0.3, -0.25) is 9.89 Å². The summed E-state index contributed by atoms with van der Waals surface area (Å²) in [5, 5.41) is 19.9. The molecule has 4 N–H and O–H groups in total. The molecule has 1 atom stereocenters. The molecule has 8 nitrogen and oxygen atoms in total. The van der Waals surface area contributed by atoms with Crippen molar-refractivity contribution in [1.82, 2.24) is 15.5 Å². The lowest BCUT2D eigenvalue weighted by Crippen LogP contribution is -2.37. The Labute approximate surface area is 104 Å². The van der Waals surface area contributed by atoms with Gasteiger partial charge in [0.25, 0.3) is 0 Å². The summed E-state index contributed by atoms with van der Waals surface area (Å²) in [6.07, 6.45) is 2.29. The van der Waals surface area contributed by atoms with E-state index in [1.807, 2.05) is 0 Å². The highest BCUT2D eigenvalue weighted by Crippen LogP contribution is 2.01. The number of amides is 2. The van der Waals surface area contributed by atoms with Crippen molar-refractivity contribution in [2.75, 3.05) is 18.5 Å². The van der Waals surface area contributed by atoms with Crippen LogP contribution in [0.1, 0.15) is 13.3 Å². The van der Waals surface area contributed by atoms with Gasteiger partial charge in [-0.1, -0.05) is 0 Å². The molecule has 0 bridgehead atoms. The van der Waals surface area contributed by atoms with Gasteiger partial charge in [-0.15, -0.1) is 0 Å². The van der Waals surface area contributed by atoms with E-state index < -0.39 is 18.1 Å². The van der Waals surface area contributed by atoms with Gasteiger partial charge in [0, 0.05) is 19.3 Å². The Hall–Kier alpha value is -2.09. The van der Waals surface area contributed by atoms with Crippen molar-refractivity contribution in [2.45, 2.75) is 19.4 Å². The van der Waals surface area contributed by atoms with Gasteiger partial charge < -0.3 is 20.5 Å². The predicted octanol–water partition coefficient (Wildman–Crippen LogP) is 0.411. The molecule has 1 unspecified atom stereocenters. The molecule has 1 heterocycles. The Morgan fingerprint density at radius 2 is 2.39 bits per heavy atom. The molecular formula is C10H16N4O4. The van der Waals surface area contributed by atoms with Gasteiger partial charge in [-0.05, 0) is 6.92 Å². The first-order valence-electron chi connectivity index (χ1n) is 5.48. The van der Waals surface area contributed by atoms with Crippen LogP contribution >= 0.6 is 0 Å². The lowest BCUT2D eigenvalue weighted by atomic mass is 10.2. The first kappa shape index (κ1) is 14.0. The maximum atomic E-state index is 11.4. The number of nitrogens with one attached hydrogen (secondary N) is 3. The normalized spacial score (nSPS) is 11.8. The molecule has 0 fully saturated rings. The highest BCUT2D eigenvalue weighted by Gasteiger charge is 2.14. The number of carbonyl (C=O) groups is 2. The molecule has 1 aromatic rings. The molecular weight excluding hydrogens is 240 g/mol. The van der Waals surface area contributed by atoms with E-state index in [-0.39, 0.29) is 13.0 Å². The number of nitrogens with zero attached hydrogens (tertiary/aromatic N) is 1. The van der Waals surface area contributed by atoms with Crippen molar-refractivity contribution in [3.8, 4) is 0 Å². The van der Waals surface area contributed by atoms with Crippen LogP contribution in [0.4, 0.5) is 10.5 Å². The Balaban J connectivity index is 2.32. The van der Waals surface area contributed by atoms with Crippen LogP contribution in [0.15, 0.2) is 12.4 Å². The van der Waals surface area contributed by atoms with Crippen LogP contribution in [0, 0.1) is 0 Å². The van der Waals surface area contributed by atoms with E-state index in [1.54, 1.807) is 6.92 Å². The van der Waals surface area contributed by atoms with E-state index in [4.69, 9.17) is 9.84 Å². The number of hydrogen-bond donors (Lipinski definition) is 4. The van der Waals surface area contributed by atoms with Crippen molar-refractivity contribution in [1.29, 1.82) is 0 Å². The molecule has 0 aliphatic rings. The van der Waals surface area contributed by atoms with Gasteiger partial charge >= 0.3 is 12.0 Å². The average Bonchev–Trinajstić information content (AvgIpc) is 2.78. The molecule has 8 heteroatoms. The Bertz CT molecular complexity index is 379. The Morgan fingerprint density at radius 1 is 1.61 bits per heavy atom. The molecule has 0 spiro atoms. The second-order valence-electron chi connectivity index (χ2n) is 3.50. The third-order valence-corrected chi connectivity index (χ3v) is 2.05. The zero-order chi connectivity index (χ0) is 13.4. The summed E-state index contributed by atoms with van der Waals surface area (Å²) in [6, 6.07) is -0.438. The topological polar surface area (TPSA) is 116 Å². The van der Waals surface area contributed by atoms with Crippen molar-refractivity contribution in [3.63, 3.8) is 0 Å². The fraction of sp³-hybridized carbons (Fsp3) is 0.500. The van der Waals surface area contributed by atoms with Gasteiger partial charge in [0.05, 0.1) is 24.4 Å². The Kier molecular flexibility index (Phi) is 5.65. The number of aliphatic carboxylic acids is 1. The smallest absolute Gasteiger partial charge is 0.319 e. The van der Waals surface area contributed by atoms with Gasteiger partial charge in [-0.2, -0.15) is 5.10 Å². The molecule has 0 aromatic carbocycles. The molecule has 0 saturated heterocycles. The summed E-state index contributed by atoms with van der Waals surface area (Å²) >= 11 is 0. The molecule has 0 aliphatic heterocycles. The number of urea groups is 1. The van der Waals surface area contributed by atoms with Crippen LogP contribution in [0.25, 0.3) is 0 Å². The third-order valence-electron chi connectivity index (χ3n) is 2.05. The van der Waals surface area contributed by atoms with E-state index >= 15 is 0 Å². The quantitative estimate of drug-likeness (QED) is 0.564. The van der Waals surface area contributed by atoms with Gasteiger partial charge in [0.2, 0.25) is 0 Å². The molecule has 1 aromatic heterocycles. The number of aromatic nitrogens is 2. The van der Waals surface area contributed by atoms with E-state index in [9.17, 15) is 9.59 Å². The van der Waals surface area contributed by atoms with E-state index in [0.29, 0.717) is 12.3 Å². The zero-order valence-corrected chi connectivity index (χ0v) is 9.97. The number of hydrogen-bond acceptors (Lipinski definition) is 4. The fourth-order valence-electron chi connectivity index (χ4n) is 1.32. The number of carboxylic acids is 1. The highest BCUT2D eigenvalue weighted by atomic mass is 16.5. The number of ether oxygens (including phenoxy) is 1. The molecule has 0 aliphatic carbocycles. The molecule has 0 saturated carbocycles. The van der Waals surface area contributed by atoms with Gasteiger partial charge in [0.1, 0.15) is 0 Å². The van der Waals surface area contributed by atoms with Crippen molar-refractivity contribution in [2.24, 2.45) is 0 Å². The van der Waals surface area contributed by atoms with E-state index in [2.05, 4.69) is 20.8 Å². The van der Waals surface area contributed by atoms with E-state index in [1.165, 1.54) is 12.4 Å². The highest BCUT2D eigenvalue weighted by molar-refractivity contribution is 5.88. The number of anilines is 1. The minimum atomic E-state index is -0.967. The summed E-state index contributed by atoms with van der Waals surface area (Å²) in [6.45, 7) is 2.28. The summed E-state index contributed by atoms with van der Waals surface area (Å²) < 4.78 is 5.20. The minimum Gasteiger partial charge on any atom is -0.481 e. The number of aromatic amines is 1. The summed E-state index contributed by atoms with van der Waals surface area (Å²) in [7, 11) is 0.